The average Bonchev–Trinajstić information content (AvgIpc) is 3.16. The number of nitrogens with one attached hydrogen (secondary N) is 1. The number of hydrogen-bond acceptors (Lipinski definition) is 5. The number of rotatable bonds is 4. The van der Waals surface area contributed by atoms with E-state index in [1.54, 1.807) is 9.42 Å². The largest absolute Gasteiger partial charge is 0.330 e. The van der Waals surface area contributed by atoms with Gasteiger partial charge in [0.25, 0.3) is 5.91 Å². The van der Waals surface area contributed by atoms with Crippen LogP contribution >= 0.6 is 11.6 Å². The molecule has 4 rings (SSSR count). The number of anilines is 1. The quantitative estimate of drug-likeness (QED) is 0.588. The molecule has 0 unspecified atom stereocenters. The normalized spacial score (nSPS) is 16.9. The second-order valence-corrected chi connectivity index (χ2v) is 10.6. The van der Waals surface area contributed by atoms with E-state index in [0.29, 0.717) is 24.3 Å². The summed E-state index contributed by atoms with van der Waals surface area (Å²) in [7, 11) is -3.75. The van der Waals surface area contributed by atoms with E-state index in [2.05, 4.69) is 9.71 Å². The van der Waals surface area contributed by atoms with Crippen LogP contribution in [-0.4, -0.2) is 46.6 Å². The first-order chi connectivity index (χ1) is 15.5. The Morgan fingerprint density at radius 2 is 1.94 bits per heavy atom. The number of likely N-dealkylation sites (tertiary alicyclic amines) is 1. The van der Waals surface area contributed by atoms with Crippen molar-refractivity contribution < 1.29 is 17.6 Å². The minimum absolute atomic E-state index is 0.131. The number of hydrogen-bond donors (Lipinski definition) is 1. The molecule has 1 fully saturated rings. The third kappa shape index (κ3) is 4.54. The van der Waals surface area contributed by atoms with Crippen molar-refractivity contribution in [3.8, 4) is 0 Å². The molecule has 1 atom stereocenters. The van der Waals surface area contributed by atoms with Crippen molar-refractivity contribution in [2.24, 2.45) is 0 Å². The fourth-order valence-corrected chi connectivity index (χ4v) is 5.12. The van der Waals surface area contributed by atoms with Crippen molar-refractivity contribution in [3.05, 3.63) is 57.2 Å². The summed E-state index contributed by atoms with van der Waals surface area (Å²) in [6.45, 7) is 6.32. The lowest BCUT2D eigenvalue weighted by Gasteiger charge is -2.35. The maximum atomic E-state index is 14.2. The Kier molecular flexibility index (Phi) is 6.09. The summed E-state index contributed by atoms with van der Waals surface area (Å²) < 4.78 is 41.9. The van der Waals surface area contributed by atoms with E-state index in [9.17, 15) is 17.6 Å². The molecule has 11 heteroatoms. The van der Waals surface area contributed by atoms with Gasteiger partial charge in [0.15, 0.2) is 5.65 Å². The van der Waals surface area contributed by atoms with Gasteiger partial charge in [-0.3, -0.25) is 9.52 Å². The monoisotopic (exact) mass is 493 g/mol. The number of carbonyl (C=O) groups excluding carboxylic acids is 1. The van der Waals surface area contributed by atoms with Gasteiger partial charge in [-0.2, -0.15) is 5.10 Å². The lowest BCUT2D eigenvalue weighted by atomic mass is 9.98. The van der Waals surface area contributed by atoms with Gasteiger partial charge >= 0.3 is 0 Å². The molecule has 0 radical (unpaired) electrons. The summed E-state index contributed by atoms with van der Waals surface area (Å²) in [4.78, 5) is 19.8. The van der Waals surface area contributed by atoms with Crippen LogP contribution in [0.15, 0.2) is 18.2 Å². The van der Waals surface area contributed by atoms with Gasteiger partial charge in [0.1, 0.15) is 5.82 Å². The summed E-state index contributed by atoms with van der Waals surface area (Å²) in [5.41, 5.74) is 4.03. The first-order valence-corrected chi connectivity index (χ1v) is 12.8. The molecule has 1 amide bonds. The highest BCUT2D eigenvalue weighted by Gasteiger charge is 2.33. The standard InChI is InChI=1S/C22H25ClFN5O3S/c1-12-13(2)25-20-11-18(26-29(20)14(12)3)19-7-5-6-8-28(19)22(30)16-9-15(24)10-17(23)21(16)27-33(4,31)32/h9-11,19,27H,5-8H2,1-4H3/t19-/m1/s1. The van der Waals surface area contributed by atoms with Crippen LogP contribution in [0, 0.1) is 26.6 Å². The number of aromatic nitrogens is 3. The third-order valence-electron chi connectivity index (χ3n) is 6.07. The second-order valence-electron chi connectivity index (χ2n) is 8.44. The maximum Gasteiger partial charge on any atom is 0.256 e. The number of piperidine rings is 1. The number of benzene rings is 1. The van der Waals surface area contributed by atoms with Gasteiger partial charge < -0.3 is 4.90 Å². The second kappa shape index (κ2) is 8.57. The summed E-state index contributed by atoms with van der Waals surface area (Å²) >= 11 is 6.12. The SMILES string of the molecule is Cc1nc2cc([C@H]3CCCCN3C(=O)c3cc(F)cc(Cl)c3NS(C)(=O)=O)nn2c(C)c1C. The van der Waals surface area contributed by atoms with Crippen LogP contribution in [0.25, 0.3) is 5.65 Å². The van der Waals surface area contributed by atoms with Crippen LogP contribution in [0.1, 0.15) is 58.3 Å². The lowest BCUT2D eigenvalue weighted by molar-refractivity contribution is 0.0606. The molecular weight excluding hydrogens is 469 g/mol. The molecule has 1 saturated heterocycles. The van der Waals surface area contributed by atoms with E-state index in [-0.39, 0.29) is 22.3 Å². The van der Waals surface area contributed by atoms with Crippen molar-refractivity contribution in [1.29, 1.82) is 0 Å². The zero-order valence-corrected chi connectivity index (χ0v) is 20.4. The van der Waals surface area contributed by atoms with Crippen molar-refractivity contribution >= 4 is 38.9 Å². The molecule has 3 aromatic rings. The Morgan fingerprint density at radius 3 is 2.64 bits per heavy atom. The number of halogens is 2. The molecule has 1 N–H and O–H groups in total. The van der Waals surface area contributed by atoms with Crippen LogP contribution in [0.5, 0.6) is 0 Å². The van der Waals surface area contributed by atoms with Gasteiger partial charge in [0, 0.05) is 24.0 Å². The highest BCUT2D eigenvalue weighted by Crippen LogP contribution is 2.35. The van der Waals surface area contributed by atoms with Crippen LogP contribution in [-0.2, 0) is 10.0 Å². The molecule has 0 bridgehead atoms. The molecule has 1 aromatic carbocycles. The first-order valence-electron chi connectivity index (χ1n) is 10.6. The molecule has 3 heterocycles. The number of amides is 1. The van der Waals surface area contributed by atoms with E-state index >= 15 is 0 Å². The van der Waals surface area contributed by atoms with E-state index < -0.39 is 21.7 Å². The van der Waals surface area contributed by atoms with Crippen molar-refractivity contribution in [2.75, 3.05) is 17.5 Å². The molecule has 1 aliphatic rings. The predicted molar refractivity (Wildman–Crippen MR) is 125 cm³/mol. The summed E-state index contributed by atoms with van der Waals surface area (Å²) in [6.07, 6.45) is 3.28. The molecule has 2 aromatic heterocycles. The van der Waals surface area contributed by atoms with Gasteiger partial charge in [-0.25, -0.2) is 22.3 Å². The zero-order valence-electron chi connectivity index (χ0n) is 18.8. The maximum absolute atomic E-state index is 14.2. The molecule has 0 aliphatic carbocycles. The van der Waals surface area contributed by atoms with Crippen molar-refractivity contribution in [2.45, 2.75) is 46.1 Å². The Balaban J connectivity index is 1.78. The smallest absolute Gasteiger partial charge is 0.256 e. The molecule has 0 spiro atoms. The fraction of sp³-hybridized carbons (Fsp3) is 0.409. The average molecular weight is 494 g/mol. The Morgan fingerprint density at radius 1 is 1.21 bits per heavy atom. The van der Waals surface area contributed by atoms with Gasteiger partial charge in [-0.1, -0.05) is 11.6 Å². The molecule has 176 valence electrons. The number of aryl methyl sites for hydroxylation is 2. The lowest BCUT2D eigenvalue weighted by Crippen LogP contribution is -2.39. The third-order valence-corrected chi connectivity index (χ3v) is 6.95. The Bertz CT molecular complexity index is 1370. The van der Waals surface area contributed by atoms with E-state index in [4.69, 9.17) is 16.7 Å². The zero-order chi connectivity index (χ0) is 24.1. The minimum Gasteiger partial charge on any atom is -0.330 e. The highest BCUT2D eigenvalue weighted by molar-refractivity contribution is 7.92. The van der Waals surface area contributed by atoms with Gasteiger partial charge in [0.05, 0.1) is 34.3 Å². The summed E-state index contributed by atoms with van der Waals surface area (Å²) in [6, 6.07) is 3.49. The van der Waals surface area contributed by atoms with E-state index in [1.807, 2.05) is 26.8 Å². The number of carbonyl (C=O) groups is 1. The first kappa shape index (κ1) is 23.4. The Hall–Kier alpha value is -2.72. The van der Waals surface area contributed by atoms with Crippen LogP contribution in [0.2, 0.25) is 5.02 Å². The van der Waals surface area contributed by atoms with Crippen molar-refractivity contribution in [1.82, 2.24) is 19.5 Å². The van der Waals surface area contributed by atoms with Crippen LogP contribution in [0.3, 0.4) is 0 Å². The van der Waals surface area contributed by atoms with Crippen molar-refractivity contribution in [3.63, 3.8) is 0 Å². The molecular formula is C22H25ClFN5O3S. The summed E-state index contributed by atoms with van der Waals surface area (Å²) in [5, 5.41) is 4.55. The molecule has 8 nitrogen and oxygen atoms in total. The fourth-order valence-electron chi connectivity index (χ4n) is 4.22. The molecule has 33 heavy (non-hydrogen) atoms. The number of fused-ring (bicyclic) bond motifs is 1. The predicted octanol–water partition coefficient (Wildman–Crippen LogP) is 4.19. The van der Waals surface area contributed by atoms with Crippen LogP contribution < -0.4 is 4.72 Å². The van der Waals surface area contributed by atoms with Gasteiger partial charge in [-0.05, 0) is 57.7 Å². The van der Waals surface area contributed by atoms with Gasteiger partial charge in [0.2, 0.25) is 10.0 Å². The number of sulfonamides is 1. The van der Waals surface area contributed by atoms with Crippen LogP contribution in [0.4, 0.5) is 10.1 Å². The molecule has 0 saturated carbocycles. The summed E-state index contributed by atoms with van der Waals surface area (Å²) in [5.74, 6) is -1.24. The highest BCUT2D eigenvalue weighted by atomic mass is 35.5. The van der Waals surface area contributed by atoms with E-state index in [1.165, 1.54) is 0 Å². The topological polar surface area (TPSA) is 96.7 Å². The minimum atomic E-state index is -3.75. The van der Waals surface area contributed by atoms with E-state index in [0.717, 1.165) is 48.2 Å². The number of nitrogens with zero attached hydrogens (tertiary/aromatic N) is 4. The Labute approximate surface area is 196 Å². The van der Waals surface area contributed by atoms with Gasteiger partial charge in [-0.15, -0.1) is 0 Å². The molecule has 1 aliphatic heterocycles.